The molecule has 0 aliphatic carbocycles. The number of thiazole rings is 1. The van der Waals surface area contributed by atoms with Crippen molar-refractivity contribution in [3.63, 3.8) is 0 Å². The van der Waals surface area contributed by atoms with Crippen LogP contribution in [0.3, 0.4) is 0 Å². The van der Waals surface area contributed by atoms with E-state index in [9.17, 15) is 18.0 Å². The minimum atomic E-state index is -4.05. The first kappa shape index (κ1) is 27.7. The summed E-state index contributed by atoms with van der Waals surface area (Å²) in [6.07, 6.45) is -1.12. The molecule has 1 amide bonds. The molecule has 3 aromatic carbocycles. The third-order valence-corrected chi connectivity index (χ3v) is 9.62. The summed E-state index contributed by atoms with van der Waals surface area (Å²) in [7, 11) is -2.54. The number of sulfonamides is 1. The molecule has 1 N–H and O–H groups in total. The van der Waals surface area contributed by atoms with Crippen molar-refractivity contribution in [2.24, 2.45) is 0 Å². The van der Waals surface area contributed by atoms with Gasteiger partial charge in [0.1, 0.15) is 11.5 Å². The van der Waals surface area contributed by atoms with Crippen LogP contribution in [0.25, 0.3) is 10.2 Å². The molecular formula is C29H31N3O6S2. The Morgan fingerprint density at radius 2 is 1.82 bits per heavy atom. The Hall–Kier alpha value is -3.83. The number of carbonyl (C=O) groups is 1. The Bertz CT molecular complexity index is 1750. The quantitative estimate of drug-likeness (QED) is 0.344. The van der Waals surface area contributed by atoms with Gasteiger partial charge in [0, 0.05) is 12.2 Å². The molecule has 0 saturated heterocycles. The van der Waals surface area contributed by atoms with Crippen LogP contribution in [0, 0.1) is 0 Å². The van der Waals surface area contributed by atoms with Crippen LogP contribution < -0.4 is 24.0 Å². The molecule has 1 unspecified atom stereocenters. The van der Waals surface area contributed by atoms with Crippen LogP contribution in [0.4, 0.5) is 11.4 Å². The summed E-state index contributed by atoms with van der Waals surface area (Å²) >= 11 is 1.11. The van der Waals surface area contributed by atoms with E-state index in [0.717, 1.165) is 27.1 Å². The standard InChI is InChI=1S/C29H31N3O6S2/c1-6-31-22-13-8-19(16-26(22)39-28(31)34)30-27(33)25-17-32(40(35,36)21-11-9-20(37-5)10-12-21)23-15-18(29(2,3)4)7-14-24(23)38-25/h7-16,25H,6,17H2,1-5H3,(H,30,33). The number of hydrogen-bond donors (Lipinski definition) is 1. The summed E-state index contributed by atoms with van der Waals surface area (Å²) < 4.78 is 42.7. The molecule has 1 aliphatic rings. The summed E-state index contributed by atoms with van der Waals surface area (Å²) in [4.78, 5) is 25.7. The highest BCUT2D eigenvalue weighted by atomic mass is 32.2. The van der Waals surface area contributed by atoms with E-state index >= 15 is 0 Å². The van der Waals surface area contributed by atoms with Crippen molar-refractivity contribution in [1.29, 1.82) is 0 Å². The number of nitrogens with zero attached hydrogens (tertiary/aromatic N) is 2. The fourth-order valence-corrected chi connectivity index (χ4v) is 7.09. The van der Waals surface area contributed by atoms with Gasteiger partial charge in [-0.05, 0) is 72.5 Å². The number of hydrogen-bond acceptors (Lipinski definition) is 7. The van der Waals surface area contributed by atoms with Crippen LogP contribution >= 0.6 is 11.3 Å². The molecule has 9 nitrogen and oxygen atoms in total. The van der Waals surface area contributed by atoms with E-state index in [1.165, 1.54) is 23.5 Å². The summed E-state index contributed by atoms with van der Waals surface area (Å²) in [5.74, 6) is 0.331. The molecule has 210 valence electrons. The van der Waals surface area contributed by atoms with Crippen molar-refractivity contribution in [3.05, 3.63) is 75.9 Å². The normalized spacial score (nSPS) is 15.4. The van der Waals surface area contributed by atoms with Gasteiger partial charge in [-0.3, -0.25) is 18.5 Å². The first-order valence-corrected chi connectivity index (χ1v) is 15.1. The predicted octanol–water partition coefficient (Wildman–Crippen LogP) is 4.98. The number of anilines is 2. The van der Waals surface area contributed by atoms with Gasteiger partial charge < -0.3 is 14.8 Å². The van der Waals surface area contributed by atoms with Gasteiger partial charge in [0.25, 0.3) is 15.9 Å². The number of aryl methyl sites for hydroxylation is 1. The van der Waals surface area contributed by atoms with E-state index in [0.29, 0.717) is 29.4 Å². The Morgan fingerprint density at radius 1 is 1.10 bits per heavy atom. The highest BCUT2D eigenvalue weighted by molar-refractivity contribution is 7.92. The Morgan fingerprint density at radius 3 is 2.48 bits per heavy atom. The third kappa shape index (κ3) is 5.06. The van der Waals surface area contributed by atoms with Crippen LogP contribution in [0.2, 0.25) is 0 Å². The summed E-state index contributed by atoms with van der Waals surface area (Å²) in [5, 5.41) is 2.84. The molecule has 1 atom stereocenters. The molecule has 0 spiro atoms. The zero-order valence-corrected chi connectivity index (χ0v) is 24.6. The molecule has 4 aromatic rings. The fourth-order valence-electron chi connectivity index (χ4n) is 4.62. The topological polar surface area (TPSA) is 107 Å². The average Bonchev–Trinajstić information content (AvgIpc) is 3.25. The number of ether oxygens (including phenoxy) is 2. The second-order valence-electron chi connectivity index (χ2n) is 10.5. The van der Waals surface area contributed by atoms with Crippen molar-refractivity contribution >= 4 is 48.9 Å². The zero-order valence-electron chi connectivity index (χ0n) is 22.9. The Kier molecular flexibility index (Phi) is 7.13. The van der Waals surface area contributed by atoms with E-state index in [2.05, 4.69) is 5.32 Å². The average molecular weight is 582 g/mol. The van der Waals surface area contributed by atoms with Gasteiger partial charge in [-0.15, -0.1) is 0 Å². The molecular weight excluding hydrogens is 550 g/mol. The molecule has 40 heavy (non-hydrogen) atoms. The van der Waals surface area contributed by atoms with Crippen molar-refractivity contribution < 1.29 is 22.7 Å². The van der Waals surface area contributed by atoms with E-state index in [4.69, 9.17) is 9.47 Å². The van der Waals surface area contributed by atoms with Crippen molar-refractivity contribution in [2.75, 3.05) is 23.3 Å². The van der Waals surface area contributed by atoms with E-state index < -0.39 is 22.0 Å². The smallest absolute Gasteiger partial charge is 0.308 e. The number of rotatable bonds is 6. The SMILES string of the molecule is CCn1c(=O)sc2cc(NC(=O)C3CN(S(=O)(=O)c4ccc(OC)cc4)c4cc(C(C)(C)C)ccc4O3)ccc21. The zero-order chi connectivity index (χ0) is 28.8. The number of aromatic nitrogens is 1. The molecule has 1 aliphatic heterocycles. The minimum absolute atomic E-state index is 0.0674. The first-order valence-electron chi connectivity index (χ1n) is 12.8. The number of methoxy groups -OCH3 is 1. The maximum atomic E-state index is 13.9. The third-order valence-electron chi connectivity index (χ3n) is 6.89. The number of benzene rings is 3. The van der Waals surface area contributed by atoms with Crippen molar-refractivity contribution in [2.45, 2.75) is 50.7 Å². The van der Waals surface area contributed by atoms with E-state index in [-0.39, 0.29) is 21.7 Å². The molecule has 0 radical (unpaired) electrons. The van der Waals surface area contributed by atoms with Gasteiger partial charge in [-0.25, -0.2) is 8.42 Å². The fraction of sp³-hybridized carbons (Fsp3) is 0.310. The van der Waals surface area contributed by atoms with Crippen LogP contribution in [-0.4, -0.2) is 38.7 Å². The van der Waals surface area contributed by atoms with Gasteiger partial charge in [0.05, 0.1) is 34.5 Å². The van der Waals surface area contributed by atoms with E-state index in [1.807, 2.05) is 33.8 Å². The van der Waals surface area contributed by atoms with Gasteiger partial charge in [-0.1, -0.05) is 38.2 Å². The van der Waals surface area contributed by atoms with Crippen LogP contribution in [0.5, 0.6) is 11.5 Å². The van der Waals surface area contributed by atoms with Crippen LogP contribution in [-0.2, 0) is 26.8 Å². The van der Waals surface area contributed by atoms with Crippen molar-refractivity contribution in [1.82, 2.24) is 4.57 Å². The number of carbonyl (C=O) groups excluding carboxylic acids is 1. The van der Waals surface area contributed by atoms with Gasteiger partial charge in [-0.2, -0.15) is 0 Å². The van der Waals surface area contributed by atoms with Gasteiger partial charge >= 0.3 is 4.87 Å². The largest absolute Gasteiger partial charge is 0.497 e. The van der Waals surface area contributed by atoms with Crippen molar-refractivity contribution in [3.8, 4) is 11.5 Å². The number of amides is 1. The lowest BCUT2D eigenvalue weighted by Gasteiger charge is -2.36. The van der Waals surface area contributed by atoms with Gasteiger partial charge in [0.15, 0.2) is 6.10 Å². The first-order chi connectivity index (χ1) is 18.9. The summed E-state index contributed by atoms with van der Waals surface area (Å²) in [5.41, 5.74) is 2.35. The number of fused-ring (bicyclic) bond motifs is 2. The highest BCUT2D eigenvalue weighted by Crippen LogP contribution is 2.40. The monoisotopic (exact) mass is 581 g/mol. The lowest BCUT2D eigenvalue weighted by atomic mass is 9.86. The molecule has 2 heterocycles. The lowest BCUT2D eigenvalue weighted by Crippen LogP contribution is -2.49. The molecule has 0 fully saturated rings. The predicted molar refractivity (Wildman–Crippen MR) is 157 cm³/mol. The maximum absolute atomic E-state index is 13.9. The molecule has 5 rings (SSSR count). The van der Waals surface area contributed by atoms with Crippen LogP contribution in [0.15, 0.2) is 70.4 Å². The summed E-state index contributed by atoms with van der Waals surface area (Å²) in [6, 6.07) is 16.8. The Labute approximate surface area is 237 Å². The molecule has 0 saturated carbocycles. The molecule has 0 bridgehead atoms. The molecule has 11 heteroatoms. The van der Waals surface area contributed by atoms with E-state index in [1.54, 1.807) is 47.0 Å². The Balaban J connectivity index is 1.50. The second-order valence-corrected chi connectivity index (χ2v) is 13.4. The second kappa shape index (κ2) is 10.3. The summed E-state index contributed by atoms with van der Waals surface area (Å²) in [6.45, 7) is 8.35. The van der Waals surface area contributed by atoms with Crippen LogP contribution in [0.1, 0.15) is 33.3 Å². The van der Waals surface area contributed by atoms with Gasteiger partial charge in [0.2, 0.25) is 0 Å². The number of nitrogens with one attached hydrogen (secondary N) is 1. The lowest BCUT2D eigenvalue weighted by molar-refractivity contribution is -0.122. The highest BCUT2D eigenvalue weighted by Gasteiger charge is 2.38. The minimum Gasteiger partial charge on any atom is -0.497 e. The molecule has 1 aromatic heterocycles. The maximum Gasteiger partial charge on any atom is 0.308 e.